The number of aromatic nitrogens is 2. The molecule has 0 aliphatic heterocycles. The molecule has 0 aliphatic rings. The molecule has 0 bridgehead atoms. The van der Waals surface area contributed by atoms with Crippen LogP contribution in [0.2, 0.25) is 0 Å². The van der Waals surface area contributed by atoms with Gasteiger partial charge in [0.25, 0.3) is 0 Å². The molecule has 166 valence electrons. The molecular formula is C25H26FN3O3. The molecule has 0 aliphatic carbocycles. The summed E-state index contributed by atoms with van der Waals surface area (Å²) in [5.74, 6) is 0.0348. The van der Waals surface area contributed by atoms with Crippen LogP contribution in [0, 0.1) is 5.82 Å². The van der Waals surface area contributed by atoms with Crippen molar-refractivity contribution in [3.63, 3.8) is 0 Å². The van der Waals surface area contributed by atoms with Crippen LogP contribution in [0.5, 0.6) is 5.88 Å². The van der Waals surface area contributed by atoms with Crippen LogP contribution in [-0.2, 0) is 17.8 Å². The minimum atomic E-state index is -0.398. The summed E-state index contributed by atoms with van der Waals surface area (Å²) in [4.78, 5) is 34.3. The number of rotatable bonds is 9. The highest BCUT2D eigenvalue weighted by molar-refractivity contribution is 5.96. The highest BCUT2D eigenvalue weighted by Crippen LogP contribution is 2.22. The Balaban J connectivity index is 1.66. The van der Waals surface area contributed by atoms with Gasteiger partial charge in [-0.15, -0.1) is 0 Å². The Morgan fingerprint density at radius 1 is 1.09 bits per heavy atom. The third-order valence-corrected chi connectivity index (χ3v) is 5.23. The molecule has 0 atom stereocenters. The van der Waals surface area contributed by atoms with E-state index in [1.165, 1.54) is 17.2 Å². The first-order chi connectivity index (χ1) is 15.4. The minimum Gasteiger partial charge on any atom is -0.481 e. The third-order valence-electron chi connectivity index (χ3n) is 5.23. The predicted molar refractivity (Wildman–Crippen MR) is 120 cm³/mol. The summed E-state index contributed by atoms with van der Waals surface area (Å²) in [6.07, 6.45) is 4.35. The number of methoxy groups -OCH3 is 1. The fraction of sp³-hybridized carbons (Fsp3) is 0.280. The molecule has 6 nitrogen and oxygen atoms in total. The van der Waals surface area contributed by atoms with E-state index in [0.717, 1.165) is 5.56 Å². The van der Waals surface area contributed by atoms with Crippen LogP contribution in [0.15, 0.2) is 54.9 Å². The topological polar surface area (TPSA) is 72.4 Å². The number of benzene rings is 1. The Kier molecular flexibility index (Phi) is 7.65. The minimum absolute atomic E-state index is 0.0416. The van der Waals surface area contributed by atoms with Crippen molar-refractivity contribution in [3.8, 4) is 17.1 Å². The number of amides is 1. The van der Waals surface area contributed by atoms with E-state index in [2.05, 4.69) is 9.97 Å². The normalized spacial score (nSPS) is 10.6. The lowest BCUT2D eigenvalue weighted by Gasteiger charge is -2.17. The Morgan fingerprint density at radius 3 is 2.56 bits per heavy atom. The number of halogens is 1. The van der Waals surface area contributed by atoms with Gasteiger partial charge in [0.15, 0.2) is 5.78 Å². The lowest BCUT2D eigenvalue weighted by molar-refractivity contribution is -0.130. The van der Waals surface area contributed by atoms with Gasteiger partial charge in [0.1, 0.15) is 5.82 Å². The molecule has 3 aromatic rings. The monoisotopic (exact) mass is 435 g/mol. The number of nitrogens with zero attached hydrogens (tertiary/aromatic N) is 3. The maximum absolute atomic E-state index is 14.6. The Bertz CT molecular complexity index is 1100. The first-order valence-electron chi connectivity index (χ1n) is 10.4. The van der Waals surface area contributed by atoms with E-state index in [0.29, 0.717) is 47.5 Å². The Hall–Kier alpha value is -3.61. The molecule has 1 aromatic carbocycles. The molecule has 0 fully saturated rings. The second-order valence-electron chi connectivity index (χ2n) is 7.44. The molecule has 7 heteroatoms. The molecule has 32 heavy (non-hydrogen) atoms. The zero-order valence-electron chi connectivity index (χ0n) is 18.5. The number of hydrogen-bond acceptors (Lipinski definition) is 5. The van der Waals surface area contributed by atoms with E-state index in [-0.39, 0.29) is 18.2 Å². The maximum atomic E-state index is 14.6. The van der Waals surface area contributed by atoms with Gasteiger partial charge in [0.05, 0.1) is 12.8 Å². The van der Waals surface area contributed by atoms with E-state index < -0.39 is 5.82 Å². The van der Waals surface area contributed by atoms with Gasteiger partial charge in [-0.2, -0.15) is 0 Å². The molecule has 0 spiro atoms. The van der Waals surface area contributed by atoms with Gasteiger partial charge in [-0.3, -0.25) is 14.6 Å². The summed E-state index contributed by atoms with van der Waals surface area (Å²) in [7, 11) is 3.20. The van der Waals surface area contributed by atoms with Crippen LogP contribution < -0.4 is 4.74 Å². The molecule has 3 rings (SSSR count). The van der Waals surface area contributed by atoms with Gasteiger partial charge in [-0.25, -0.2) is 9.37 Å². The predicted octanol–water partition coefficient (Wildman–Crippen LogP) is 4.48. The van der Waals surface area contributed by atoms with E-state index in [1.54, 1.807) is 51.5 Å². The second-order valence-corrected chi connectivity index (χ2v) is 7.44. The summed E-state index contributed by atoms with van der Waals surface area (Å²) >= 11 is 0. The van der Waals surface area contributed by atoms with Crippen molar-refractivity contribution < 1.29 is 18.7 Å². The summed E-state index contributed by atoms with van der Waals surface area (Å²) in [6, 6.07) is 11.9. The largest absolute Gasteiger partial charge is 0.481 e. The van der Waals surface area contributed by atoms with Gasteiger partial charge >= 0.3 is 0 Å². The molecule has 0 unspecified atom stereocenters. The second kappa shape index (κ2) is 10.6. The number of aryl methyl sites for hydroxylation is 1. The van der Waals surface area contributed by atoms with Crippen LogP contribution in [0.25, 0.3) is 11.3 Å². The highest BCUT2D eigenvalue weighted by Gasteiger charge is 2.13. The van der Waals surface area contributed by atoms with Crippen molar-refractivity contribution in [2.24, 2.45) is 0 Å². The van der Waals surface area contributed by atoms with E-state index in [9.17, 15) is 14.0 Å². The summed E-state index contributed by atoms with van der Waals surface area (Å²) in [6.45, 7) is 1.98. The number of pyridine rings is 2. The molecule has 0 N–H and O–H groups in total. The van der Waals surface area contributed by atoms with Crippen molar-refractivity contribution in [1.29, 1.82) is 0 Å². The number of ketones is 1. The number of ether oxygens (including phenoxy) is 1. The summed E-state index contributed by atoms with van der Waals surface area (Å²) in [5, 5.41) is 0. The van der Waals surface area contributed by atoms with Gasteiger partial charge < -0.3 is 9.64 Å². The van der Waals surface area contributed by atoms with Crippen LogP contribution in [0.1, 0.15) is 41.3 Å². The smallest absolute Gasteiger partial charge is 0.222 e. The fourth-order valence-corrected chi connectivity index (χ4v) is 3.37. The van der Waals surface area contributed by atoms with Crippen molar-refractivity contribution >= 4 is 11.7 Å². The van der Waals surface area contributed by atoms with Crippen LogP contribution >= 0.6 is 0 Å². The molecule has 0 radical (unpaired) electrons. The van der Waals surface area contributed by atoms with E-state index in [1.807, 2.05) is 12.1 Å². The molecule has 0 saturated carbocycles. The number of hydrogen-bond donors (Lipinski definition) is 0. The SMILES string of the molecule is CCC(=O)N(C)Cc1ccc(-c2ccc(C(=O)CCc3cccnc3OC)cn2)cc1F. The van der Waals surface area contributed by atoms with Crippen LogP contribution in [0.4, 0.5) is 4.39 Å². The van der Waals surface area contributed by atoms with Crippen LogP contribution in [0.3, 0.4) is 0 Å². The molecular weight excluding hydrogens is 409 g/mol. The Morgan fingerprint density at radius 2 is 1.91 bits per heavy atom. The molecule has 2 aromatic heterocycles. The quantitative estimate of drug-likeness (QED) is 0.464. The first-order valence-corrected chi connectivity index (χ1v) is 10.4. The van der Waals surface area contributed by atoms with Gasteiger partial charge in [0, 0.05) is 61.1 Å². The van der Waals surface area contributed by atoms with Crippen molar-refractivity contribution in [1.82, 2.24) is 14.9 Å². The standard InChI is InChI=1S/C25H26FN3O3/c1-4-24(31)29(2)16-20-8-7-18(14-21(20)26)22-11-9-19(15-28-22)23(30)12-10-17-6-5-13-27-25(17)32-3/h5-9,11,13-15H,4,10,12,16H2,1-3H3. The third kappa shape index (κ3) is 5.55. The van der Waals surface area contributed by atoms with Gasteiger partial charge in [0.2, 0.25) is 11.8 Å². The average molecular weight is 435 g/mol. The highest BCUT2D eigenvalue weighted by atomic mass is 19.1. The zero-order chi connectivity index (χ0) is 23.1. The summed E-state index contributed by atoms with van der Waals surface area (Å²) in [5.41, 5.74) is 2.98. The molecule has 1 amide bonds. The fourth-order valence-electron chi connectivity index (χ4n) is 3.37. The van der Waals surface area contributed by atoms with E-state index >= 15 is 0 Å². The number of carbonyl (C=O) groups excluding carboxylic acids is 2. The maximum Gasteiger partial charge on any atom is 0.222 e. The summed E-state index contributed by atoms with van der Waals surface area (Å²) < 4.78 is 19.8. The van der Waals surface area contributed by atoms with Gasteiger partial charge in [-0.05, 0) is 30.7 Å². The van der Waals surface area contributed by atoms with Crippen molar-refractivity contribution in [2.75, 3.05) is 14.2 Å². The van der Waals surface area contributed by atoms with Crippen molar-refractivity contribution in [3.05, 3.63) is 77.4 Å². The Labute approximate surface area is 187 Å². The molecule has 0 saturated heterocycles. The molecule has 2 heterocycles. The lowest BCUT2D eigenvalue weighted by Crippen LogP contribution is -2.25. The van der Waals surface area contributed by atoms with Gasteiger partial charge in [-0.1, -0.05) is 25.1 Å². The number of carbonyl (C=O) groups is 2. The zero-order valence-corrected chi connectivity index (χ0v) is 18.5. The lowest BCUT2D eigenvalue weighted by atomic mass is 10.0. The van der Waals surface area contributed by atoms with Crippen molar-refractivity contribution in [2.45, 2.75) is 32.7 Å². The average Bonchev–Trinajstić information content (AvgIpc) is 2.83. The number of Topliss-reactive ketones (excluding diaryl/α,β-unsaturated/α-hetero) is 1. The first kappa shape index (κ1) is 23.1. The van der Waals surface area contributed by atoms with Crippen LogP contribution in [-0.4, -0.2) is 40.7 Å². The van der Waals surface area contributed by atoms with E-state index in [4.69, 9.17) is 4.74 Å².